The number of benzene rings is 3. The van der Waals surface area contributed by atoms with E-state index in [9.17, 15) is 18.0 Å². The van der Waals surface area contributed by atoms with Gasteiger partial charge in [-0.2, -0.15) is 0 Å². The minimum absolute atomic E-state index is 0.0287. The van der Waals surface area contributed by atoms with Crippen LogP contribution in [0.5, 0.6) is 17.2 Å². The highest BCUT2D eigenvalue weighted by Crippen LogP contribution is 2.36. The van der Waals surface area contributed by atoms with Crippen molar-refractivity contribution in [3.8, 4) is 17.2 Å². The molecule has 0 spiro atoms. The van der Waals surface area contributed by atoms with Crippen molar-refractivity contribution in [3.63, 3.8) is 0 Å². The van der Waals surface area contributed by atoms with Crippen LogP contribution in [0.1, 0.15) is 39.2 Å². The van der Waals surface area contributed by atoms with Crippen LogP contribution in [-0.2, 0) is 26.2 Å². The summed E-state index contributed by atoms with van der Waals surface area (Å²) < 4.78 is 45.7. The Morgan fingerprint density at radius 1 is 0.930 bits per heavy atom. The van der Waals surface area contributed by atoms with Crippen molar-refractivity contribution in [2.75, 3.05) is 31.2 Å². The number of ether oxygens (including phenoxy) is 3. The number of carbonyl (C=O) groups is 2. The van der Waals surface area contributed by atoms with Crippen molar-refractivity contribution in [1.82, 2.24) is 10.2 Å². The third-order valence-corrected chi connectivity index (χ3v) is 9.11. The van der Waals surface area contributed by atoms with Crippen LogP contribution in [0, 0.1) is 0 Å². The Morgan fingerprint density at radius 3 is 2.23 bits per heavy atom. The molecule has 0 saturated heterocycles. The molecule has 1 heterocycles. The summed E-state index contributed by atoms with van der Waals surface area (Å²) in [7, 11) is -2.63. The van der Waals surface area contributed by atoms with Gasteiger partial charge in [0.05, 0.1) is 17.7 Å². The number of methoxy groups -OCH3 is 1. The van der Waals surface area contributed by atoms with E-state index in [1.165, 1.54) is 17.0 Å². The second-order valence-corrected chi connectivity index (χ2v) is 12.1. The Kier molecular flexibility index (Phi) is 10.5. The van der Waals surface area contributed by atoms with E-state index in [-0.39, 0.29) is 29.1 Å². The van der Waals surface area contributed by atoms with Gasteiger partial charge in [0.15, 0.2) is 11.5 Å². The molecule has 0 unspecified atom stereocenters. The maximum atomic E-state index is 14.2. The van der Waals surface area contributed by atoms with Crippen molar-refractivity contribution in [1.29, 1.82) is 0 Å². The molecule has 0 radical (unpaired) electrons. The minimum Gasteiger partial charge on any atom is -0.497 e. The van der Waals surface area contributed by atoms with E-state index in [0.29, 0.717) is 36.9 Å². The van der Waals surface area contributed by atoms with Crippen LogP contribution in [0.2, 0.25) is 0 Å². The van der Waals surface area contributed by atoms with Gasteiger partial charge in [-0.25, -0.2) is 8.42 Å². The number of nitrogens with zero attached hydrogens (tertiary/aromatic N) is 2. The highest BCUT2D eigenvalue weighted by atomic mass is 32.2. The van der Waals surface area contributed by atoms with Crippen LogP contribution in [-0.4, -0.2) is 64.1 Å². The van der Waals surface area contributed by atoms with Crippen molar-refractivity contribution in [3.05, 3.63) is 78.4 Å². The van der Waals surface area contributed by atoms with E-state index in [0.717, 1.165) is 16.3 Å². The first-order valence-electron chi connectivity index (χ1n) is 14.4. The third-order valence-electron chi connectivity index (χ3n) is 7.32. The molecule has 230 valence electrons. The maximum absolute atomic E-state index is 14.2. The van der Waals surface area contributed by atoms with E-state index in [4.69, 9.17) is 14.2 Å². The predicted molar refractivity (Wildman–Crippen MR) is 164 cm³/mol. The fourth-order valence-corrected chi connectivity index (χ4v) is 6.15. The molecule has 0 aromatic heterocycles. The van der Waals surface area contributed by atoms with Crippen LogP contribution in [0.15, 0.2) is 77.7 Å². The van der Waals surface area contributed by atoms with Gasteiger partial charge in [0.1, 0.15) is 31.5 Å². The summed E-state index contributed by atoms with van der Waals surface area (Å²) >= 11 is 0. The quantitative estimate of drug-likeness (QED) is 0.306. The van der Waals surface area contributed by atoms with Gasteiger partial charge >= 0.3 is 0 Å². The smallest absolute Gasteiger partial charge is 0.264 e. The number of hydrogen-bond acceptors (Lipinski definition) is 7. The largest absolute Gasteiger partial charge is 0.497 e. The Labute approximate surface area is 253 Å². The van der Waals surface area contributed by atoms with E-state index in [1.807, 2.05) is 32.9 Å². The lowest BCUT2D eigenvalue weighted by Gasteiger charge is -2.34. The van der Waals surface area contributed by atoms with Gasteiger partial charge in [0, 0.05) is 18.7 Å². The number of sulfonamides is 1. The highest BCUT2D eigenvalue weighted by Gasteiger charge is 2.34. The van der Waals surface area contributed by atoms with E-state index in [1.54, 1.807) is 55.6 Å². The number of fused-ring (bicyclic) bond motifs is 1. The van der Waals surface area contributed by atoms with Crippen molar-refractivity contribution in [2.24, 2.45) is 0 Å². The van der Waals surface area contributed by atoms with Gasteiger partial charge in [0.2, 0.25) is 11.8 Å². The number of carbonyl (C=O) groups excluding carboxylic acids is 2. The molecular formula is C32H39N3O7S. The Morgan fingerprint density at radius 2 is 1.60 bits per heavy atom. The van der Waals surface area contributed by atoms with Gasteiger partial charge < -0.3 is 24.4 Å². The molecule has 3 aromatic carbocycles. The summed E-state index contributed by atoms with van der Waals surface area (Å²) in [6.07, 6.45) is 1.06. The molecule has 0 saturated carbocycles. The molecule has 2 atom stereocenters. The summed E-state index contributed by atoms with van der Waals surface area (Å²) in [5, 5.41) is 2.98. The Hall–Kier alpha value is -4.25. The lowest BCUT2D eigenvalue weighted by atomic mass is 10.1. The third kappa shape index (κ3) is 7.59. The van der Waals surface area contributed by atoms with Crippen LogP contribution >= 0.6 is 0 Å². The van der Waals surface area contributed by atoms with Crippen molar-refractivity contribution in [2.45, 2.75) is 57.1 Å². The summed E-state index contributed by atoms with van der Waals surface area (Å²) in [5.74, 6) is 0.708. The SMILES string of the molecule is CC[C@@H](C)NC(=O)[C@@H](CC)N(Cc1ccc(OC)cc1)C(=O)CN(c1ccc2c(c1)OCCO2)S(=O)(=O)c1ccccc1. The summed E-state index contributed by atoms with van der Waals surface area (Å²) in [6, 6.07) is 19.0. The molecule has 0 fully saturated rings. The van der Waals surface area contributed by atoms with E-state index < -0.39 is 28.5 Å². The molecule has 0 aliphatic carbocycles. The molecule has 1 aliphatic rings. The Balaban J connectivity index is 1.74. The normalized spacial score (nSPS) is 13.9. The zero-order valence-electron chi connectivity index (χ0n) is 25.0. The first kappa shape index (κ1) is 31.7. The molecule has 10 nitrogen and oxygen atoms in total. The van der Waals surface area contributed by atoms with E-state index in [2.05, 4.69) is 5.32 Å². The molecule has 11 heteroatoms. The van der Waals surface area contributed by atoms with Gasteiger partial charge in [-0.05, 0) is 61.7 Å². The summed E-state index contributed by atoms with van der Waals surface area (Å²) in [4.78, 5) is 29.1. The van der Waals surface area contributed by atoms with Gasteiger partial charge in [0.25, 0.3) is 10.0 Å². The molecular weight excluding hydrogens is 570 g/mol. The van der Waals surface area contributed by atoms with Crippen LogP contribution in [0.4, 0.5) is 5.69 Å². The molecule has 0 bridgehead atoms. The van der Waals surface area contributed by atoms with Crippen LogP contribution < -0.4 is 23.8 Å². The molecule has 3 aromatic rings. The minimum atomic E-state index is -4.19. The standard InChI is InChI=1S/C32H39N3O7S/c1-5-23(3)33-32(37)28(6-2)34(21-24-12-15-26(40-4)16-13-24)31(36)22-35(43(38,39)27-10-8-7-9-11-27)25-14-17-29-30(20-25)42-19-18-41-29/h7-17,20,23,28H,5-6,18-19,21-22H2,1-4H3,(H,33,37)/t23-,28-/m1/s1. The summed E-state index contributed by atoms with van der Waals surface area (Å²) in [5.41, 5.74) is 1.00. The lowest BCUT2D eigenvalue weighted by molar-refractivity contribution is -0.140. The number of anilines is 1. The topological polar surface area (TPSA) is 114 Å². The van der Waals surface area contributed by atoms with Crippen molar-refractivity contribution >= 4 is 27.5 Å². The second-order valence-electron chi connectivity index (χ2n) is 10.3. The van der Waals surface area contributed by atoms with E-state index >= 15 is 0 Å². The second kappa shape index (κ2) is 14.3. The van der Waals surface area contributed by atoms with Gasteiger partial charge in [-0.1, -0.05) is 44.2 Å². The lowest BCUT2D eigenvalue weighted by Crippen LogP contribution is -2.53. The Bertz CT molecular complexity index is 1500. The fraction of sp³-hybridized carbons (Fsp3) is 0.375. The van der Waals surface area contributed by atoms with Gasteiger partial charge in [-0.15, -0.1) is 0 Å². The van der Waals surface area contributed by atoms with Crippen molar-refractivity contribution < 1.29 is 32.2 Å². The molecule has 2 amide bonds. The first-order valence-corrected chi connectivity index (χ1v) is 15.8. The first-order chi connectivity index (χ1) is 20.7. The monoisotopic (exact) mass is 609 g/mol. The summed E-state index contributed by atoms with van der Waals surface area (Å²) in [6.45, 7) is 5.95. The van der Waals surface area contributed by atoms with Crippen LogP contribution in [0.3, 0.4) is 0 Å². The number of amides is 2. The average Bonchev–Trinajstić information content (AvgIpc) is 3.03. The molecule has 1 N–H and O–H groups in total. The molecule has 43 heavy (non-hydrogen) atoms. The fourth-order valence-electron chi connectivity index (χ4n) is 4.72. The molecule has 4 rings (SSSR count). The number of nitrogens with one attached hydrogen (secondary N) is 1. The zero-order valence-corrected chi connectivity index (χ0v) is 25.8. The van der Waals surface area contributed by atoms with Gasteiger partial charge in [-0.3, -0.25) is 13.9 Å². The average molecular weight is 610 g/mol. The zero-order chi connectivity index (χ0) is 31.0. The number of rotatable bonds is 13. The predicted octanol–water partition coefficient (Wildman–Crippen LogP) is 4.38. The maximum Gasteiger partial charge on any atom is 0.264 e. The number of hydrogen-bond donors (Lipinski definition) is 1. The molecule has 1 aliphatic heterocycles. The highest BCUT2D eigenvalue weighted by molar-refractivity contribution is 7.92. The van der Waals surface area contributed by atoms with Crippen LogP contribution in [0.25, 0.3) is 0 Å².